The maximum Gasteiger partial charge on any atom is 0.223 e. The fraction of sp³-hybridized carbons (Fsp3) is 0.500. The Morgan fingerprint density at radius 3 is 2.41 bits per heavy atom. The van der Waals surface area contributed by atoms with Crippen LogP contribution >= 0.6 is 0 Å². The van der Waals surface area contributed by atoms with Crippen LogP contribution in [-0.2, 0) is 13.1 Å². The van der Waals surface area contributed by atoms with E-state index in [0.29, 0.717) is 31.2 Å². The second-order valence-electron chi connectivity index (χ2n) is 6.05. The summed E-state index contributed by atoms with van der Waals surface area (Å²) in [5.41, 5.74) is 1.25. The Morgan fingerprint density at radius 2 is 1.91 bits per heavy atom. The van der Waals surface area contributed by atoms with E-state index in [2.05, 4.69) is 36.5 Å². The molecule has 1 aromatic heterocycles. The summed E-state index contributed by atoms with van der Waals surface area (Å²) in [5.74, 6) is 0.416. The van der Waals surface area contributed by atoms with E-state index in [1.807, 2.05) is 19.1 Å². The van der Waals surface area contributed by atoms with Gasteiger partial charge in [0, 0.05) is 37.9 Å². The lowest BCUT2D eigenvalue weighted by Gasteiger charge is -2.24. The Labute approximate surface area is 133 Å². The maximum absolute atomic E-state index is 11.9. The van der Waals surface area contributed by atoms with Crippen molar-refractivity contribution in [2.24, 2.45) is 5.92 Å². The third-order valence-electron chi connectivity index (χ3n) is 3.68. The molecule has 1 aromatic rings. The molecule has 0 radical (unpaired) electrons. The van der Waals surface area contributed by atoms with Gasteiger partial charge in [0.1, 0.15) is 0 Å². The fourth-order valence-corrected chi connectivity index (χ4v) is 2.46. The van der Waals surface area contributed by atoms with Gasteiger partial charge in [-0.05, 0) is 19.3 Å². The average molecular weight is 304 g/mol. The highest BCUT2D eigenvalue weighted by Gasteiger charge is 2.16. The second-order valence-corrected chi connectivity index (χ2v) is 6.05. The van der Waals surface area contributed by atoms with Crippen LogP contribution in [0.2, 0.25) is 0 Å². The van der Waals surface area contributed by atoms with E-state index in [0.717, 1.165) is 18.7 Å². The largest absolute Gasteiger partial charge is 0.503 e. The number of rotatable bonds is 9. The molecule has 122 valence electrons. The molecule has 1 heterocycles. The molecule has 22 heavy (non-hydrogen) atoms. The first kappa shape index (κ1) is 18.2. The van der Waals surface area contributed by atoms with Gasteiger partial charge in [-0.25, -0.2) is 0 Å². The summed E-state index contributed by atoms with van der Waals surface area (Å²) in [6.07, 6.45) is 4.62. The molecule has 0 saturated heterocycles. The number of aromatic nitrogens is 1. The number of pyridine rings is 1. The van der Waals surface area contributed by atoms with Crippen molar-refractivity contribution in [1.82, 2.24) is 9.47 Å². The monoisotopic (exact) mass is 304 g/mol. The molecule has 0 amide bonds. The summed E-state index contributed by atoms with van der Waals surface area (Å²) in [5, 5.41) is 10.2. The van der Waals surface area contributed by atoms with Crippen molar-refractivity contribution in [2.75, 3.05) is 13.1 Å². The molecule has 0 spiro atoms. The minimum Gasteiger partial charge on any atom is -0.503 e. The normalized spacial score (nSPS) is 11.1. The number of hydrogen-bond donors (Lipinski definition) is 1. The van der Waals surface area contributed by atoms with Crippen LogP contribution in [0.4, 0.5) is 0 Å². The first-order valence-electron chi connectivity index (χ1n) is 7.77. The molecular formula is C18H28N2O2. The molecule has 0 bridgehead atoms. The lowest BCUT2D eigenvalue weighted by atomic mass is 10.1. The Balaban J connectivity index is 3.20. The highest BCUT2D eigenvalue weighted by Crippen LogP contribution is 2.18. The molecule has 0 aliphatic rings. The molecule has 0 unspecified atom stereocenters. The Hall–Kier alpha value is -1.81. The van der Waals surface area contributed by atoms with E-state index in [4.69, 9.17) is 0 Å². The lowest BCUT2D eigenvalue weighted by molar-refractivity contribution is 0.304. The Morgan fingerprint density at radius 1 is 1.32 bits per heavy atom. The topological polar surface area (TPSA) is 45.5 Å². The van der Waals surface area contributed by atoms with Gasteiger partial charge in [-0.2, -0.15) is 0 Å². The SMILES string of the molecule is C=CCN(CC=C)Cc1c(O)c(=O)cc(C)n1CCC(C)C. The van der Waals surface area contributed by atoms with E-state index in [1.54, 1.807) is 0 Å². The summed E-state index contributed by atoms with van der Waals surface area (Å²) in [6, 6.07) is 1.50. The first-order chi connectivity index (χ1) is 10.4. The summed E-state index contributed by atoms with van der Waals surface area (Å²) in [6.45, 7) is 16.4. The quantitative estimate of drug-likeness (QED) is 0.713. The van der Waals surface area contributed by atoms with Gasteiger partial charge in [-0.1, -0.05) is 26.0 Å². The molecule has 0 saturated carbocycles. The van der Waals surface area contributed by atoms with Gasteiger partial charge in [0.2, 0.25) is 5.43 Å². The molecule has 1 rings (SSSR count). The number of hydrogen-bond acceptors (Lipinski definition) is 3. The van der Waals surface area contributed by atoms with Gasteiger partial charge in [-0.3, -0.25) is 9.69 Å². The molecule has 0 aliphatic carbocycles. The van der Waals surface area contributed by atoms with Crippen molar-refractivity contribution in [3.8, 4) is 5.75 Å². The van der Waals surface area contributed by atoms with Gasteiger partial charge in [0.15, 0.2) is 5.75 Å². The molecular weight excluding hydrogens is 276 g/mol. The van der Waals surface area contributed by atoms with Crippen LogP contribution in [-0.4, -0.2) is 27.7 Å². The zero-order valence-electron chi connectivity index (χ0n) is 14.0. The fourth-order valence-electron chi connectivity index (χ4n) is 2.46. The van der Waals surface area contributed by atoms with Crippen molar-refractivity contribution in [3.63, 3.8) is 0 Å². The van der Waals surface area contributed by atoms with E-state index < -0.39 is 0 Å². The molecule has 0 aliphatic heterocycles. The molecule has 0 fully saturated rings. The Kier molecular flexibility index (Phi) is 7.12. The highest BCUT2D eigenvalue weighted by atomic mass is 16.3. The van der Waals surface area contributed by atoms with Gasteiger partial charge < -0.3 is 9.67 Å². The van der Waals surface area contributed by atoms with Crippen LogP contribution in [0.5, 0.6) is 5.75 Å². The maximum atomic E-state index is 11.9. The van der Waals surface area contributed by atoms with Crippen molar-refractivity contribution >= 4 is 0 Å². The zero-order valence-corrected chi connectivity index (χ0v) is 14.0. The molecule has 1 N–H and O–H groups in total. The van der Waals surface area contributed by atoms with Gasteiger partial charge in [0.25, 0.3) is 0 Å². The van der Waals surface area contributed by atoms with Crippen molar-refractivity contribution in [1.29, 1.82) is 0 Å². The van der Waals surface area contributed by atoms with Crippen molar-refractivity contribution in [3.05, 3.63) is 53.0 Å². The zero-order chi connectivity index (χ0) is 16.7. The summed E-state index contributed by atoms with van der Waals surface area (Å²) in [7, 11) is 0. The van der Waals surface area contributed by atoms with Gasteiger partial charge >= 0.3 is 0 Å². The molecule has 4 nitrogen and oxygen atoms in total. The van der Waals surface area contributed by atoms with Crippen LogP contribution in [0.15, 0.2) is 36.2 Å². The van der Waals surface area contributed by atoms with E-state index in [-0.39, 0.29) is 11.2 Å². The van der Waals surface area contributed by atoms with Crippen molar-refractivity contribution in [2.45, 2.75) is 40.3 Å². The minimum absolute atomic E-state index is 0.146. The smallest absolute Gasteiger partial charge is 0.223 e. The number of aromatic hydroxyl groups is 1. The van der Waals surface area contributed by atoms with Crippen LogP contribution < -0.4 is 5.43 Å². The number of aryl methyl sites for hydroxylation is 1. The van der Waals surface area contributed by atoms with Crippen LogP contribution in [0, 0.1) is 12.8 Å². The first-order valence-corrected chi connectivity index (χ1v) is 7.77. The van der Waals surface area contributed by atoms with Crippen LogP contribution in [0.1, 0.15) is 31.7 Å². The molecule has 0 atom stereocenters. The van der Waals surface area contributed by atoms with E-state index >= 15 is 0 Å². The third-order valence-corrected chi connectivity index (χ3v) is 3.68. The second kappa shape index (κ2) is 8.59. The predicted molar refractivity (Wildman–Crippen MR) is 92.2 cm³/mol. The van der Waals surface area contributed by atoms with E-state index in [9.17, 15) is 9.90 Å². The summed E-state index contributed by atoms with van der Waals surface area (Å²) >= 11 is 0. The average Bonchev–Trinajstić information content (AvgIpc) is 2.44. The van der Waals surface area contributed by atoms with Crippen LogP contribution in [0.25, 0.3) is 0 Å². The number of nitrogens with zero attached hydrogens (tertiary/aromatic N) is 2. The summed E-state index contributed by atoms with van der Waals surface area (Å²) < 4.78 is 2.05. The molecule has 4 heteroatoms. The van der Waals surface area contributed by atoms with Crippen molar-refractivity contribution < 1.29 is 5.11 Å². The van der Waals surface area contributed by atoms with Gasteiger partial charge in [-0.15, -0.1) is 13.2 Å². The third kappa shape index (κ3) is 4.88. The minimum atomic E-state index is -0.314. The Bertz CT molecular complexity index is 563. The van der Waals surface area contributed by atoms with E-state index in [1.165, 1.54) is 6.07 Å². The van der Waals surface area contributed by atoms with Gasteiger partial charge in [0.05, 0.1) is 5.69 Å². The standard InChI is InChI=1S/C18H28N2O2/c1-6-9-19(10-7-2)13-16-18(22)17(21)12-15(5)20(16)11-8-14(3)4/h6-7,12,14,22H,1-2,8-11,13H2,3-5H3. The summed E-state index contributed by atoms with van der Waals surface area (Å²) in [4.78, 5) is 14.0. The highest BCUT2D eigenvalue weighted by molar-refractivity contribution is 5.30. The van der Waals surface area contributed by atoms with Crippen LogP contribution in [0.3, 0.4) is 0 Å². The molecule has 0 aromatic carbocycles. The predicted octanol–water partition coefficient (Wildman–Crippen LogP) is 3.08. The lowest BCUT2D eigenvalue weighted by Crippen LogP contribution is -2.28.